The van der Waals surface area contributed by atoms with Crippen molar-refractivity contribution in [1.82, 2.24) is 0 Å². The predicted octanol–water partition coefficient (Wildman–Crippen LogP) is 1.72. The Hall–Kier alpha value is -1.49. The Bertz CT molecular complexity index is 448. The summed E-state index contributed by atoms with van der Waals surface area (Å²) >= 11 is 0. The molecule has 1 atom stereocenters. The summed E-state index contributed by atoms with van der Waals surface area (Å²) in [5.74, 6) is -1.82. The lowest BCUT2D eigenvalue weighted by Gasteiger charge is -2.16. The Morgan fingerprint density at radius 1 is 1.44 bits per heavy atom. The van der Waals surface area contributed by atoms with Crippen molar-refractivity contribution in [1.29, 1.82) is 0 Å². The molecule has 0 radical (unpaired) electrons. The topological polar surface area (TPSA) is 46.3 Å². The van der Waals surface area contributed by atoms with Gasteiger partial charge in [0.05, 0.1) is 5.69 Å². The zero-order valence-corrected chi connectivity index (χ0v) is 8.84. The van der Waals surface area contributed by atoms with Gasteiger partial charge < -0.3 is 10.6 Å². The van der Waals surface area contributed by atoms with Crippen molar-refractivity contribution in [3.05, 3.63) is 29.3 Å². The molecule has 0 spiro atoms. The molecule has 0 bridgehead atoms. The summed E-state index contributed by atoms with van der Waals surface area (Å²) in [5.41, 5.74) is 5.97. The van der Waals surface area contributed by atoms with Crippen LogP contribution in [0.25, 0.3) is 0 Å². The zero-order valence-electron chi connectivity index (χ0n) is 8.84. The van der Waals surface area contributed by atoms with E-state index in [2.05, 4.69) is 0 Å². The fourth-order valence-electron chi connectivity index (χ4n) is 1.97. The quantitative estimate of drug-likeness (QED) is 0.834. The molecular weight excluding hydrogens is 214 g/mol. The van der Waals surface area contributed by atoms with Crippen LogP contribution in [0.15, 0.2) is 12.1 Å². The minimum atomic E-state index is -1.01. The van der Waals surface area contributed by atoms with E-state index < -0.39 is 17.7 Å². The van der Waals surface area contributed by atoms with Crippen LogP contribution in [0.3, 0.4) is 0 Å². The first-order valence-corrected chi connectivity index (χ1v) is 5.12. The summed E-state index contributed by atoms with van der Waals surface area (Å²) in [6.07, 6.45) is 0.704. The fourth-order valence-corrected chi connectivity index (χ4v) is 1.97. The van der Waals surface area contributed by atoms with Gasteiger partial charge in [0.25, 0.3) is 0 Å². The van der Waals surface area contributed by atoms with E-state index in [1.54, 1.807) is 0 Å². The standard InChI is InChI=1S/C11H12F2N2O/c1-2-3-15-8-5-6(12)4-7(13)9(8)10(14)11(15)16/h4-5,10H,2-3,14H2,1H3. The third-order valence-corrected chi connectivity index (χ3v) is 2.65. The second-order valence-corrected chi connectivity index (χ2v) is 3.79. The second kappa shape index (κ2) is 3.83. The first-order chi connectivity index (χ1) is 7.56. The Morgan fingerprint density at radius 3 is 2.75 bits per heavy atom. The molecule has 0 aliphatic carbocycles. The molecule has 1 amide bonds. The van der Waals surface area contributed by atoms with Crippen molar-refractivity contribution in [2.24, 2.45) is 5.73 Å². The molecule has 1 aliphatic heterocycles. The Kier molecular flexibility index (Phi) is 2.63. The highest BCUT2D eigenvalue weighted by molar-refractivity contribution is 6.04. The summed E-state index contributed by atoms with van der Waals surface area (Å²) < 4.78 is 26.6. The highest BCUT2D eigenvalue weighted by Gasteiger charge is 2.37. The number of carbonyl (C=O) groups is 1. The van der Waals surface area contributed by atoms with E-state index in [1.165, 1.54) is 4.90 Å². The minimum Gasteiger partial charge on any atom is -0.316 e. The van der Waals surface area contributed by atoms with Gasteiger partial charge in [-0.1, -0.05) is 6.92 Å². The van der Waals surface area contributed by atoms with Gasteiger partial charge in [-0.05, 0) is 12.5 Å². The number of amides is 1. The number of hydrogen-bond donors (Lipinski definition) is 1. The number of fused-ring (bicyclic) bond motifs is 1. The van der Waals surface area contributed by atoms with Crippen molar-refractivity contribution in [3.8, 4) is 0 Å². The van der Waals surface area contributed by atoms with E-state index in [4.69, 9.17) is 5.73 Å². The number of halogens is 2. The summed E-state index contributed by atoms with van der Waals surface area (Å²) in [6, 6.07) is 0.891. The zero-order chi connectivity index (χ0) is 11.9. The third kappa shape index (κ3) is 1.48. The van der Waals surface area contributed by atoms with E-state index in [0.29, 0.717) is 13.0 Å². The molecule has 0 fully saturated rings. The van der Waals surface area contributed by atoms with Gasteiger partial charge in [-0.15, -0.1) is 0 Å². The minimum absolute atomic E-state index is 0.0971. The molecule has 1 unspecified atom stereocenters. The SMILES string of the molecule is CCCN1C(=O)C(N)c2c(F)cc(F)cc21. The van der Waals surface area contributed by atoms with Crippen LogP contribution in [0.5, 0.6) is 0 Å². The van der Waals surface area contributed by atoms with E-state index in [-0.39, 0.29) is 17.2 Å². The Labute approximate surface area is 91.8 Å². The number of nitrogens with two attached hydrogens (primary N) is 1. The molecule has 0 saturated heterocycles. The van der Waals surface area contributed by atoms with E-state index in [1.807, 2.05) is 6.92 Å². The van der Waals surface area contributed by atoms with Crippen LogP contribution in [0.2, 0.25) is 0 Å². The van der Waals surface area contributed by atoms with Gasteiger partial charge >= 0.3 is 0 Å². The van der Waals surface area contributed by atoms with Crippen molar-refractivity contribution in [3.63, 3.8) is 0 Å². The Morgan fingerprint density at radius 2 is 2.12 bits per heavy atom. The monoisotopic (exact) mass is 226 g/mol. The van der Waals surface area contributed by atoms with Crippen molar-refractivity contribution in [2.45, 2.75) is 19.4 Å². The maximum atomic E-state index is 13.5. The molecule has 1 aliphatic rings. The molecule has 0 saturated carbocycles. The number of hydrogen-bond acceptors (Lipinski definition) is 2. The molecular formula is C11H12F2N2O. The number of rotatable bonds is 2. The maximum absolute atomic E-state index is 13.5. The number of carbonyl (C=O) groups excluding carboxylic acids is 1. The molecule has 2 rings (SSSR count). The van der Waals surface area contributed by atoms with Crippen LogP contribution in [0.1, 0.15) is 24.9 Å². The van der Waals surface area contributed by atoms with E-state index >= 15 is 0 Å². The molecule has 1 heterocycles. The average molecular weight is 226 g/mol. The van der Waals surface area contributed by atoms with Gasteiger partial charge in [0.2, 0.25) is 5.91 Å². The molecule has 1 aromatic rings. The maximum Gasteiger partial charge on any atom is 0.248 e. The fraction of sp³-hybridized carbons (Fsp3) is 0.364. The predicted molar refractivity (Wildman–Crippen MR) is 55.9 cm³/mol. The van der Waals surface area contributed by atoms with Gasteiger partial charge in [0, 0.05) is 18.2 Å². The molecule has 1 aromatic carbocycles. The van der Waals surface area contributed by atoms with Crippen LogP contribution < -0.4 is 10.6 Å². The van der Waals surface area contributed by atoms with Gasteiger partial charge in [-0.2, -0.15) is 0 Å². The van der Waals surface area contributed by atoms with E-state index in [0.717, 1.165) is 12.1 Å². The normalized spacial score (nSPS) is 19.1. The highest BCUT2D eigenvalue weighted by Crippen LogP contribution is 2.36. The van der Waals surface area contributed by atoms with Crippen LogP contribution in [-0.2, 0) is 4.79 Å². The van der Waals surface area contributed by atoms with Gasteiger partial charge in [-0.25, -0.2) is 8.78 Å². The first-order valence-electron chi connectivity index (χ1n) is 5.12. The van der Waals surface area contributed by atoms with Crippen molar-refractivity contribution >= 4 is 11.6 Å². The number of nitrogens with zero attached hydrogens (tertiary/aromatic N) is 1. The van der Waals surface area contributed by atoms with Gasteiger partial charge in [-0.3, -0.25) is 4.79 Å². The van der Waals surface area contributed by atoms with Crippen LogP contribution >= 0.6 is 0 Å². The van der Waals surface area contributed by atoms with E-state index in [9.17, 15) is 13.6 Å². The molecule has 16 heavy (non-hydrogen) atoms. The summed E-state index contributed by atoms with van der Waals surface area (Å²) in [4.78, 5) is 13.1. The van der Waals surface area contributed by atoms with Crippen LogP contribution in [-0.4, -0.2) is 12.5 Å². The number of anilines is 1. The van der Waals surface area contributed by atoms with Crippen LogP contribution in [0.4, 0.5) is 14.5 Å². The summed E-state index contributed by atoms with van der Waals surface area (Å²) in [7, 11) is 0. The molecule has 3 nitrogen and oxygen atoms in total. The second-order valence-electron chi connectivity index (χ2n) is 3.79. The van der Waals surface area contributed by atoms with Gasteiger partial charge in [0.15, 0.2) is 0 Å². The van der Waals surface area contributed by atoms with Gasteiger partial charge in [0.1, 0.15) is 17.7 Å². The molecule has 86 valence electrons. The van der Waals surface area contributed by atoms with Crippen molar-refractivity contribution in [2.75, 3.05) is 11.4 Å². The largest absolute Gasteiger partial charge is 0.316 e. The third-order valence-electron chi connectivity index (χ3n) is 2.65. The van der Waals surface area contributed by atoms with Crippen LogP contribution in [0, 0.1) is 11.6 Å². The smallest absolute Gasteiger partial charge is 0.248 e. The average Bonchev–Trinajstić information content (AvgIpc) is 2.44. The lowest BCUT2D eigenvalue weighted by Crippen LogP contribution is -2.32. The van der Waals surface area contributed by atoms with Crippen molar-refractivity contribution < 1.29 is 13.6 Å². The Balaban J connectivity index is 2.56. The molecule has 5 heteroatoms. The number of benzene rings is 1. The molecule has 0 aromatic heterocycles. The highest BCUT2D eigenvalue weighted by atomic mass is 19.1. The molecule has 2 N–H and O–H groups in total. The first kappa shape index (κ1) is 11.0. The summed E-state index contributed by atoms with van der Waals surface area (Å²) in [6.45, 7) is 2.30. The lowest BCUT2D eigenvalue weighted by atomic mass is 10.1. The lowest BCUT2D eigenvalue weighted by molar-refractivity contribution is -0.119. The summed E-state index contributed by atoms with van der Waals surface area (Å²) in [5, 5.41) is 0.